The van der Waals surface area contributed by atoms with Gasteiger partial charge in [0.2, 0.25) is 0 Å². The Hall–Kier alpha value is -2.62. The molecule has 0 bridgehead atoms. The maximum atomic E-state index is 12.1. The summed E-state index contributed by atoms with van der Waals surface area (Å²) in [4.78, 5) is 24.2. The van der Waals surface area contributed by atoms with Crippen LogP contribution in [-0.2, 0) is 16.0 Å². The van der Waals surface area contributed by atoms with E-state index in [1.165, 1.54) is 5.56 Å². The van der Waals surface area contributed by atoms with Crippen LogP contribution in [0, 0.1) is 0 Å². The molecule has 24 heavy (non-hydrogen) atoms. The third-order valence-corrected chi connectivity index (χ3v) is 4.09. The lowest BCUT2D eigenvalue weighted by Gasteiger charge is -2.17. The summed E-state index contributed by atoms with van der Waals surface area (Å²) in [5.74, 6) is -1.24. The van der Waals surface area contributed by atoms with Crippen molar-refractivity contribution in [3.8, 4) is 0 Å². The molecule has 0 aliphatic rings. The third-order valence-electron chi connectivity index (χ3n) is 4.09. The van der Waals surface area contributed by atoms with E-state index in [4.69, 9.17) is 0 Å². The Kier molecular flexibility index (Phi) is 6.13. The Morgan fingerprint density at radius 2 is 1.25 bits per heavy atom. The summed E-state index contributed by atoms with van der Waals surface area (Å²) in [5, 5.41) is 5.46. The van der Waals surface area contributed by atoms with Gasteiger partial charge in [0, 0.05) is 0 Å². The Balaban J connectivity index is 1.91. The lowest BCUT2D eigenvalue weighted by atomic mass is 10.0. The van der Waals surface area contributed by atoms with Gasteiger partial charge in [0.05, 0.1) is 12.1 Å². The Labute approximate surface area is 143 Å². The monoisotopic (exact) mass is 324 g/mol. The zero-order valence-electron chi connectivity index (χ0n) is 14.4. The largest absolute Gasteiger partial charge is 0.341 e. The predicted molar refractivity (Wildman–Crippen MR) is 95.4 cm³/mol. The molecule has 0 aliphatic carbocycles. The van der Waals surface area contributed by atoms with E-state index in [2.05, 4.69) is 17.6 Å². The summed E-state index contributed by atoms with van der Waals surface area (Å²) in [6.45, 7) is 5.82. The molecule has 2 atom stereocenters. The van der Waals surface area contributed by atoms with Gasteiger partial charge in [-0.05, 0) is 37.0 Å². The highest BCUT2D eigenvalue weighted by Gasteiger charge is 2.19. The molecule has 0 saturated heterocycles. The van der Waals surface area contributed by atoms with E-state index in [0.29, 0.717) is 0 Å². The zero-order valence-corrected chi connectivity index (χ0v) is 14.4. The molecular formula is C20H24N2O2. The SMILES string of the molecule is CCc1ccc(C(C)NC(=O)C(=O)NC(C)c2ccccc2)cc1. The molecular weight excluding hydrogens is 300 g/mol. The van der Waals surface area contributed by atoms with Crippen LogP contribution >= 0.6 is 0 Å². The van der Waals surface area contributed by atoms with Crippen LogP contribution in [0.25, 0.3) is 0 Å². The molecule has 126 valence electrons. The number of amides is 2. The van der Waals surface area contributed by atoms with E-state index in [-0.39, 0.29) is 12.1 Å². The van der Waals surface area contributed by atoms with Crippen LogP contribution in [0.15, 0.2) is 54.6 Å². The molecule has 0 heterocycles. The molecule has 0 radical (unpaired) electrons. The van der Waals surface area contributed by atoms with Gasteiger partial charge in [-0.1, -0.05) is 61.5 Å². The molecule has 2 aromatic carbocycles. The van der Waals surface area contributed by atoms with Gasteiger partial charge in [-0.15, -0.1) is 0 Å². The van der Waals surface area contributed by atoms with E-state index in [1.807, 2.05) is 68.4 Å². The highest BCUT2D eigenvalue weighted by atomic mass is 16.2. The van der Waals surface area contributed by atoms with Gasteiger partial charge in [-0.3, -0.25) is 9.59 Å². The van der Waals surface area contributed by atoms with Gasteiger partial charge in [0.15, 0.2) is 0 Å². The highest BCUT2D eigenvalue weighted by molar-refractivity contribution is 6.35. The van der Waals surface area contributed by atoms with Crippen molar-refractivity contribution in [1.29, 1.82) is 0 Å². The van der Waals surface area contributed by atoms with Crippen LogP contribution < -0.4 is 10.6 Å². The van der Waals surface area contributed by atoms with Crippen molar-refractivity contribution in [2.24, 2.45) is 0 Å². The number of nitrogens with one attached hydrogen (secondary N) is 2. The minimum atomic E-state index is -0.622. The van der Waals surface area contributed by atoms with Gasteiger partial charge >= 0.3 is 11.8 Å². The first kappa shape index (κ1) is 17.7. The topological polar surface area (TPSA) is 58.2 Å². The number of aryl methyl sites for hydroxylation is 1. The number of carbonyl (C=O) groups is 2. The molecule has 4 nitrogen and oxygen atoms in total. The minimum Gasteiger partial charge on any atom is -0.341 e. The molecule has 2 unspecified atom stereocenters. The zero-order chi connectivity index (χ0) is 17.5. The average molecular weight is 324 g/mol. The number of rotatable bonds is 5. The van der Waals surface area contributed by atoms with Crippen LogP contribution in [0.3, 0.4) is 0 Å². The van der Waals surface area contributed by atoms with E-state index in [1.54, 1.807) is 0 Å². The number of benzene rings is 2. The fourth-order valence-electron chi connectivity index (χ4n) is 2.47. The summed E-state index contributed by atoms with van der Waals surface area (Å²) < 4.78 is 0. The Bertz CT molecular complexity index is 681. The molecule has 0 spiro atoms. The van der Waals surface area contributed by atoms with Gasteiger partial charge in [-0.25, -0.2) is 0 Å². The highest BCUT2D eigenvalue weighted by Crippen LogP contribution is 2.14. The average Bonchev–Trinajstić information content (AvgIpc) is 2.62. The Morgan fingerprint density at radius 1 is 0.792 bits per heavy atom. The summed E-state index contributed by atoms with van der Waals surface area (Å²) in [6, 6.07) is 17.1. The predicted octanol–water partition coefficient (Wildman–Crippen LogP) is 3.30. The second-order valence-electron chi connectivity index (χ2n) is 5.90. The van der Waals surface area contributed by atoms with Crippen LogP contribution in [-0.4, -0.2) is 11.8 Å². The summed E-state index contributed by atoms with van der Waals surface area (Å²) >= 11 is 0. The normalized spacial score (nSPS) is 13.0. The fraction of sp³-hybridized carbons (Fsp3) is 0.300. The molecule has 0 saturated carbocycles. The van der Waals surface area contributed by atoms with E-state index in [0.717, 1.165) is 17.5 Å². The molecule has 0 aliphatic heterocycles. The van der Waals surface area contributed by atoms with Crippen molar-refractivity contribution in [3.05, 3.63) is 71.3 Å². The molecule has 4 heteroatoms. The molecule has 2 N–H and O–H groups in total. The smallest absolute Gasteiger partial charge is 0.309 e. The van der Waals surface area contributed by atoms with Crippen molar-refractivity contribution < 1.29 is 9.59 Å². The number of hydrogen-bond acceptors (Lipinski definition) is 2. The number of carbonyl (C=O) groups excluding carboxylic acids is 2. The third kappa shape index (κ3) is 4.69. The molecule has 0 fully saturated rings. The minimum absolute atomic E-state index is 0.219. The Morgan fingerprint density at radius 3 is 1.71 bits per heavy atom. The molecule has 2 aromatic rings. The lowest BCUT2D eigenvalue weighted by Crippen LogP contribution is -2.41. The maximum Gasteiger partial charge on any atom is 0.309 e. The lowest BCUT2D eigenvalue weighted by molar-refractivity contribution is -0.140. The van der Waals surface area contributed by atoms with E-state index < -0.39 is 11.8 Å². The first-order valence-electron chi connectivity index (χ1n) is 8.26. The summed E-state index contributed by atoms with van der Waals surface area (Å²) in [6.07, 6.45) is 0.973. The standard InChI is InChI=1S/C20H24N2O2/c1-4-16-10-12-18(13-11-16)15(3)22-20(24)19(23)21-14(2)17-8-6-5-7-9-17/h5-15H,4H2,1-3H3,(H,21,23)(H,22,24). The van der Waals surface area contributed by atoms with Gasteiger partial charge in [0.1, 0.15) is 0 Å². The van der Waals surface area contributed by atoms with Crippen molar-refractivity contribution in [2.45, 2.75) is 39.3 Å². The summed E-state index contributed by atoms with van der Waals surface area (Å²) in [5.41, 5.74) is 3.18. The first-order valence-corrected chi connectivity index (χ1v) is 8.26. The van der Waals surface area contributed by atoms with Crippen LogP contribution in [0.5, 0.6) is 0 Å². The first-order chi connectivity index (χ1) is 11.5. The number of hydrogen-bond donors (Lipinski definition) is 2. The second-order valence-corrected chi connectivity index (χ2v) is 5.90. The quantitative estimate of drug-likeness (QED) is 0.829. The van der Waals surface area contributed by atoms with Gasteiger partial charge in [0.25, 0.3) is 0 Å². The second kappa shape index (κ2) is 8.29. The van der Waals surface area contributed by atoms with E-state index >= 15 is 0 Å². The van der Waals surface area contributed by atoms with Gasteiger partial charge < -0.3 is 10.6 Å². The van der Waals surface area contributed by atoms with Crippen molar-refractivity contribution in [2.75, 3.05) is 0 Å². The van der Waals surface area contributed by atoms with Gasteiger partial charge in [-0.2, -0.15) is 0 Å². The maximum absolute atomic E-state index is 12.1. The van der Waals surface area contributed by atoms with Crippen LogP contribution in [0.2, 0.25) is 0 Å². The van der Waals surface area contributed by atoms with Crippen molar-refractivity contribution >= 4 is 11.8 Å². The molecule has 0 aromatic heterocycles. The van der Waals surface area contributed by atoms with Crippen molar-refractivity contribution in [1.82, 2.24) is 10.6 Å². The fourth-order valence-corrected chi connectivity index (χ4v) is 2.47. The van der Waals surface area contributed by atoms with E-state index in [9.17, 15) is 9.59 Å². The molecule has 2 rings (SSSR count). The van der Waals surface area contributed by atoms with Crippen LogP contribution in [0.1, 0.15) is 49.5 Å². The van der Waals surface area contributed by atoms with Crippen molar-refractivity contribution in [3.63, 3.8) is 0 Å². The molecule has 2 amide bonds. The van der Waals surface area contributed by atoms with Crippen LogP contribution in [0.4, 0.5) is 0 Å². The summed E-state index contributed by atoms with van der Waals surface area (Å²) in [7, 11) is 0.